The van der Waals surface area contributed by atoms with Crippen molar-refractivity contribution in [2.24, 2.45) is 5.73 Å². The Morgan fingerprint density at radius 2 is 1.60 bits per heavy atom. The van der Waals surface area contributed by atoms with Crippen LogP contribution in [0, 0.1) is 0 Å². The highest BCUT2D eigenvalue weighted by Crippen LogP contribution is 2.17. The van der Waals surface area contributed by atoms with Crippen LogP contribution in [-0.2, 0) is 16.0 Å². The van der Waals surface area contributed by atoms with Gasteiger partial charge in [0.2, 0.25) is 0 Å². The number of hydrogen-bond acceptors (Lipinski definition) is 5. The van der Waals surface area contributed by atoms with E-state index in [1.165, 1.54) is 0 Å². The molecule has 1 unspecified atom stereocenters. The lowest BCUT2D eigenvalue weighted by molar-refractivity contribution is -0.158. The number of nitrogens with two attached hydrogens (primary N) is 1. The lowest BCUT2D eigenvalue weighted by Gasteiger charge is -2.37. The third-order valence-electron chi connectivity index (χ3n) is 2.90. The number of nitrogens with zero attached hydrogens (tertiary/aromatic N) is 1. The molecule has 0 fully saturated rings. The van der Waals surface area contributed by atoms with Crippen LogP contribution in [0.4, 0.5) is 0 Å². The van der Waals surface area contributed by atoms with Gasteiger partial charge >= 0.3 is 11.9 Å². The van der Waals surface area contributed by atoms with Gasteiger partial charge in [-0.15, -0.1) is 0 Å². The molecule has 1 aromatic rings. The monoisotopic (exact) mass is 282 g/mol. The molecule has 7 nitrogen and oxygen atoms in total. The molecule has 0 heterocycles. The first-order valence-corrected chi connectivity index (χ1v) is 6.02. The summed E-state index contributed by atoms with van der Waals surface area (Å²) in [5, 5.41) is 28.2. The molecule has 1 atom stereocenters. The fourth-order valence-corrected chi connectivity index (χ4v) is 1.91. The Morgan fingerprint density at radius 1 is 1.10 bits per heavy atom. The largest absolute Gasteiger partial charge is 0.480 e. The number of aliphatic hydroxyl groups is 1. The molecule has 0 amide bonds. The van der Waals surface area contributed by atoms with Gasteiger partial charge in [0.25, 0.3) is 0 Å². The lowest BCUT2D eigenvalue weighted by Crippen LogP contribution is -2.58. The van der Waals surface area contributed by atoms with Gasteiger partial charge in [0.05, 0.1) is 13.1 Å². The van der Waals surface area contributed by atoms with Crippen molar-refractivity contribution in [1.29, 1.82) is 0 Å². The normalized spacial score (nSPS) is 13.9. The summed E-state index contributed by atoms with van der Waals surface area (Å²) in [4.78, 5) is 22.6. The van der Waals surface area contributed by atoms with Gasteiger partial charge in [-0.25, -0.2) is 0 Å². The molecule has 7 heteroatoms. The summed E-state index contributed by atoms with van der Waals surface area (Å²) in [6, 6.07) is 8.84. The summed E-state index contributed by atoms with van der Waals surface area (Å²) in [7, 11) is 0. The molecule has 0 aliphatic carbocycles. The van der Waals surface area contributed by atoms with E-state index >= 15 is 0 Å². The van der Waals surface area contributed by atoms with E-state index in [-0.39, 0.29) is 13.0 Å². The zero-order valence-electron chi connectivity index (χ0n) is 10.9. The van der Waals surface area contributed by atoms with E-state index in [0.29, 0.717) is 0 Å². The summed E-state index contributed by atoms with van der Waals surface area (Å²) in [6.07, 6.45) is 0.0465. The molecule has 0 saturated carbocycles. The maximum Gasteiger partial charge on any atom is 0.317 e. The predicted molar refractivity (Wildman–Crippen MR) is 71.0 cm³/mol. The van der Waals surface area contributed by atoms with E-state index < -0.39 is 30.8 Å². The Balaban J connectivity index is 2.96. The molecule has 110 valence electrons. The average Bonchev–Trinajstić information content (AvgIpc) is 2.38. The molecule has 0 spiro atoms. The van der Waals surface area contributed by atoms with Crippen LogP contribution in [0.2, 0.25) is 0 Å². The topological polar surface area (TPSA) is 124 Å². The van der Waals surface area contributed by atoms with Crippen LogP contribution in [0.5, 0.6) is 0 Å². The van der Waals surface area contributed by atoms with Crippen molar-refractivity contribution in [2.45, 2.75) is 12.1 Å². The van der Waals surface area contributed by atoms with Gasteiger partial charge < -0.3 is 21.1 Å². The van der Waals surface area contributed by atoms with Gasteiger partial charge in [-0.05, 0) is 5.56 Å². The van der Waals surface area contributed by atoms with Crippen molar-refractivity contribution in [2.75, 3.05) is 19.6 Å². The Labute approximate surface area is 116 Å². The highest BCUT2D eigenvalue weighted by Gasteiger charge is 2.35. The molecule has 1 rings (SSSR count). The Bertz CT molecular complexity index is 449. The van der Waals surface area contributed by atoms with Crippen molar-refractivity contribution in [3.63, 3.8) is 0 Å². The fourth-order valence-electron chi connectivity index (χ4n) is 1.91. The van der Waals surface area contributed by atoms with Crippen LogP contribution in [0.3, 0.4) is 0 Å². The van der Waals surface area contributed by atoms with E-state index in [2.05, 4.69) is 0 Å². The van der Waals surface area contributed by atoms with E-state index in [0.717, 1.165) is 10.5 Å². The summed E-state index contributed by atoms with van der Waals surface area (Å²) < 4.78 is 0. The van der Waals surface area contributed by atoms with Gasteiger partial charge in [-0.2, -0.15) is 0 Å². The van der Waals surface area contributed by atoms with Gasteiger partial charge in [0, 0.05) is 13.0 Å². The van der Waals surface area contributed by atoms with Gasteiger partial charge in [-0.3, -0.25) is 14.5 Å². The van der Waals surface area contributed by atoms with E-state index in [1.807, 2.05) is 0 Å². The van der Waals surface area contributed by atoms with Crippen LogP contribution in [0.1, 0.15) is 5.56 Å². The number of aliphatic carboxylic acids is 2. The van der Waals surface area contributed by atoms with Crippen LogP contribution < -0.4 is 5.73 Å². The highest BCUT2D eigenvalue weighted by molar-refractivity contribution is 5.72. The molecule has 1 aromatic carbocycles. The van der Waals surface area contributed by atoms with Crippen molar-refractivity contribution >= 4 is 11.9 Å². The number of benzene rings is 1. The van der Waals surface area contributed by atoms with E-state index in [4.69, 9.17) is 15.9 Å². The van der Waals surface area contributed by atoms with Crippen molar-refractivity contribution in [3.8, 4) is 0 Å². The maximum atomic E-state index is 10.8. The summed E-state index contributed by atoms with van der Waals surface area (Å²) >= 11 is 0. The predicted octanol–water partition coefficient (Wildman–Crippen LogP) is -0.652. The third-order valence-corrected chi connectivity index (χ3v) is 2.90. The zero-order chi connectivity index (χ0) is 15.2. The van der Waals surface area contributed by atoms with E-state index in [9.17, 15) is 14.7 Å². The molecule has 5 N–H and O–H groups in total. The number of rotatable bonds is 8. The molecule has 0 radical (unpaired) electrons. The lowest BCUT2D eigenvalue weighted by atomic mass is 10.0. The summed E-state index contributed by atoms with van der Waals surface area (Å²) in [6.45, 7) is -1.48. The third kappa shape index (κ3) is 4.61. The Morgan fingerprint density at radius 3 is 2.00 bits per heavy atom. The standard InChI is InChI=1S/C13H18N2O5/c14-9-13(20,6-10-4-2-1-3-5-10)15(7-11(16)17)8-12(18)19/h1-5,20H,6-9,14H2,(H,16,17)(H,18,19). The first-order chi connectivity index (χ1) is 9.37. The molecule has 0 aliphatic heterocycles. The fraction of sp³-hybridized carbons (Fsp3) is 0.385. The number of carbonyl (C=O) groups is 2. The van der Waals surface area contributed by atoms with Crippen molar-refractivity contribution < 1.29 is 24.9 Å². The van der Waals surface area contributed by atoms with Crippen LogP contribution >= 0.6 is 0 Å². The first kappa shape index (κ1) is 16.1. The molecule has 0 aliphatic rings. The smallest absolute Gasteiger partial charge is 0.317 e. The summed E-state index contributed by atoms with van der Waals surface area (Å²) in [5.41, 5.74) is 4.54. The zero-order valence-corrected chi connectivity index (χ0v) is 10.9. The second-order valence-electron chi connectivity index (χ2n) is 4.49. The first-order valence-electron chi connectivity index (χ1n) is 6.02. The molecule has 0 aromatic heterocycles. The molecule has 0 bridgehead atoms. The SMILES string of the molecule is NCC(O)(Cc1ccccc1)N(CC(=O)O)CC(=O)O. The van der Waals surface area contributed by atoms with Gasteiger partial charge in [0.1, 0.15) is 5.72 Å². The maximum absolute atomic E-state index is 10.8. The molecular formula is C13H18N2O5. The van der Waals surface area contributed by atoms with E-state index in [1.54, 1.807) is 30.3 Å². The molecular weight excluding hydrogens is 264 g/mol. The second kappa shape index (κ2) is 6.99. The van der Waals surface area contributed by atoms with Gasteiger partial charge in [0.15, 0.2) is 0 Å². The van der Waals surface area contributed by atoms with Crippen LogP contribution in [0.15, 0.2) is 30.3 Å². The minimum atomic E-state index is -1.72. The number of carboxylic acid groups (broad SMARTS) is 2. The minimum Gasteiger partial charge on any atom is -0.480 e. The number of carboxylic acids is 2. The Hall–Kier alpha value is -1.96. The Kier molecular flexibility index (Phi) is 5.63. The quantitative estimate of drug-likeness (QED) is 0.467. The van der Waals surface area contributed by atoms with Crippen LogP contribution in [0.25, 0.3) is 0 Å². The van der Waals surface area contributed by atoms with Crippen molar-refractivity contribution in [1.82, 2.24) is 4.90 Å². The molecule has 0 saturated heterocycles. The summed E-state index contributed by atoms with van der Waals surface area (Å²) in [5.74, 6) is -2.46. The highest BCUT2D eigenvalue weighted by atomic mass is 16.4. The minimum absolute atomic E-state index is 0.0465. The van der Waals surface area contributed by atoms with Crippen molar-refractivity contribution in [3.05, 3.63) is 35.9 Å². The molecule has 20 heavy (non-hydrogen) atoms. The average molecular weight is 282 g/mol. The number of hydrogen-bond donors (Lipinski definition) is 4. The van der Waals surface area contributed by atoms with Crippen LogP contribution in [-0.4, -0.2) is 57.5 Å². The van der Waals surface area contributed by atoms with Gasteiger partial charge in [-0.1, -0.05) is 30.3 Å². The second-order valence-corrected chi connectivity index (χ2v) is 4.49.